The van der Waals surface area contributed by atoms with Crippen LogP contribution in [0.5, 0.6) is 0 Å². The van der Waals surface area contributed by atoms with Crippen LogP contribution < -0.4 is 5.32 Å². The summed E-state index contributed by atoms with van der Waals surface area (Å²) in [6.45, 7) is 15.6. The number of fused-ring (bicyclic) bond motifs is 1. The molecule has 1 saturated carbocycles. The number of carbonyl (C=O) groups is 2. The van der Waals surface area contributed by atoms with Crippen LogP contribution in [0.2, 0.25) is 39.0 Å². The molecule has 1 N–H and O–H groups in total. The second-order valence-electron chi connectivity index (χ2n) is 15.2. The van der Waals surface area contributed by atoms with Gasteiger partial charge in [-0.3, -0.25) is 0 Å². The van der Waals surface area contributed by atoms with E-state index in [1.807, 2.05) is 0 Å². The molecule has 2 amide bonds. The molecule has 0 aromatic heterocycles. The summed E-state index contributed by atoms with van der Waals surface area (Å²) in [7, 11) is 2.10. The van der Waals surface area contributed by atoms with Gasteiger partial charge in [0.25, 0.3) is 0 Å². The Hall–Kier alpha value is -1.44. The Morgan fingerprint density at radius 3 is 2.25 bits per heavy atom. The fourth-order valence-corrected chi connectivity index (χ4v) is 23.4. The van der Waals surface area contributed by atoms with Gasteiger partial charge in [0, 0.05) is 14.7 Å². The molecule has 1 aromatic carbocycles. The number of ether oxygens (including phenoxy) is 2. The molecule has 1 heterocycles. The Bertz CT molecular complexity index is 1320. The van der Waals surface area contributed by atoms with Crippen molar-refractivity contribution in [2.24, 2.45) is 10.9 Å². The topological polar surface area (TPSA) is 80.2 Å². The van der Waals surface area contributed by atoms with Crippen molar-refractivity contribution < 1.29 is 27.8 Å². The second kappa shape index (κ2) is 17.7. The van der Waals surface area contributed by atoms with Gasteiger partial charge in [-0.15, -0.1) is 0 Å². The van der Waals surface area contributed by atoms with Gasteiger partial charge in [0.1, 0.15) is 0 Å². The van der Waals surface area contributed by atoms with Crippen molar-refractivity contribution in [3.8, 4) is 0 Å². The third-order valence-electron chi connectivity index (χ3n) is 9.81. The van der Waals surface area contributed by atoms with Gasteiger partial charge in [0.2, 0.25) is 0 Å². The molecule has 1 aliphatic carbocycles. The first-order valence-electron chi connectivity index (χ1n) is 17.8. The Kier molecular flexibility index (Phi) is 15.1. The summed E-state index contributed by atoms with van der Waals surface area (Å²) >= 11 is -2.21. The number of thioether (sulfide) groups is 1. The van der Waals surface area contributed by atoms with Crippen LogP contribution in [0.15, 0.2) is 27.0 Å². The molecular weight excluding hydrogens is 755 g/mol. The molecule has 0 unspecified atom stereocenters. The molecule has 3 rings (SSSR count). The monoisotopic (exact) mass is 815 g/mol. The number of unbranched alkanes of at least 4 members (excludes halogenated alkanes) is 3. The van der Waals surface area contributed by atoms with E-state index >= 15 is 8.78 Å². The summed E-state index contributed by atoms with van der Waals surface area (Å²) in [5, 5.41) is 2.60. The van der Waals surface area contributed by atoms with Gasteiger partial charge >= 0.3 is 254 Å². The molecule has 0 radical (unpaired) electrons. The van der Waals surface area contributed by atoms with Crippen molar-refractivity contribution in [1.82, 2.24) is 10.2 Å². The van der Waals surface area contributed by atoms with Gasteiger partial charge in [-0.2, -0.15) is 0 Å². The molecule has 12 heteroatoms. The second-order valence-corrected chi connectivity index (χ2v) is 35.1. The molecule has 1 aliphatic heterocycles. The van der Waals surface area contributed by atoms with Crippen molar-refractivity contribution >= 4 is 61.5 Å². The molecule has 270 valence electrons. The van der Waals surface area contributed by atoms with E-state index in [4.69, 9.17) is 14.5 Å². The molecular formula is C36H59F2N3O4SSiSn. The van der Waals surface area contributed by atoms with Gasteiger partial charge in [-0.05, 0) is 6.04 Å². The average molecular weight is 815 g/mol. The Labute approximate surface area is 297 Å². The maximum atomic E-state index is 16.6. The first-order chi connectivity index (χ1) is 22.6. The van der Waals surface area contributed by atoms with E-state index in [0.717, 1.165) is 69.6 Å². The van der Waals surface area contributed by atoms with E-state index in [0.29, 0.717) is 18.6 Å². The zero-order valence-corrected chi connectivity index (χ0v) is 35.4. The van der Waals surface area contributed by atoms with E-state index in [2.05, 4.69) is 45.7 Å². The first kappa shape index (κ1) is 41.0. The number of aliphatic imine (C=N–C) groups is 1. The third-order valence-corrected chi connectivity index (χ3v) is 27.4. The van der Waals surface area contributed by atoms with Crippen molar-refractivity contribution in [3.63, 3.8) is 0 Å². The van der Waals surface area contributed by atoms with Crippen molar-refractivity contribution in [2.75, 3.05) is 27.4 Å². The zero-order chi connectivity index (χ0) is 35.8. The van der Waals surface area contributed by atoms with Crippen LogP contribution in [-0.2, 0) is 19.8 Å². The molecule has 0 bridgehead atoms. The standard InChI is InChI=1S/C24H32F2N3O4SSi.3C4H9.Sn/c1-23(17-13-16(9-10-25)7-8-18(17)26)19-14-24(19,20(30)29(2)3)34-22(28-23)33-21(31)27-15-32-11-12-35(4,5)6;3*1-3-4-2;/h7-9,13,19H,11-12,14-15H2,1-6H3,(H,27,31);3*1,3-4H2,2H3;/t19-,23+,24-;;;;/m0..../s1. The molecule has 0 spiro atoms. The number of alkyl carbamates (subject to hydrolysis) is 1. The summed E-state index contributed by atoms with van der Waals surface area (Å²) in [5.74, 6) is -0.958. The summed E-state index contributed by atoms with van der Waals surface area (Å²) in [6.07, 6.45) is 7.60. The van der Waals surface area contributed by atoms with E-state index in [1.165, 1.54) is 11.0 Å². The summed E-state index contributed by atoms with van der Waals surface area (Å²) < 4.78 is 45.8. The van der Waals surface area contributed by atoms with E-state index < -0.39 is 48.6 Å². The van der Waals surface area contributed by atoms with Crippen molar-refractivity contribution in [3.05, 3.63) is 39.0 Å². The van der Waals surface area contributed by atoms with E-state index in [-0.39, 0.29) is 33.2 Å². The number of rotatable bonds is 18. The summed E-state index contributed by atoms with van der Waals surface area (Å²) in [4.78, 5) is 32.7. The Morgan fingerprint density at radius 1 is 1.10 bits per heavy atom. The fourth-order valence-electron chi connectivity index (χ4n) is 6.68. The molecule has 7 nitrogen and oxygen atoms in total. The number of nitrogens with one attached hydrogen (secondary N) is 1. The van der Waals surface area contributed by atoms with Gasteiger partial charge in [-0.25, -0.2) is 0 Å². The first-order valence-corrected chi connectivity index (χ1v) is 29.8. The van der Waals surface area contributed by atoms with Crippen LogP contribution >= 0.6 is 11.8 Å². The van der Waals surface area contributed by atoms with Crippen LogP contribution in [0, 0.1) is 11.7 Å². The fraction of sp³-hybridized carbons (Fsp3) is 0.694. The number of amides is 2. The van der Waals surface area contributed by atoms with Crippen LogP contribution in [-0.4, -0.2) is 80.8 Å². The minimum atomic E-state index is -3.33. The molecule has 1 aromatic rings. The van der Waals surface area contributed by atoms with Crippen LogP contribution in [0.1, 0.15) is 83.8 Å². The van der Waals surface area contributed by atoms with E-state index in [9.17, 15) is 9.59 Å². The predicted molar refractivity (Wildman–Crippen MR) is 201 cm³/mol. The number of halogens is 2. The SMILES string of the molecule is CCC[CH2][Sn]([CH2]CCC)([CH2]CCC)/[C](F)=C/c1ccc(F)c([C@@]2(C)N=C(OC(=O)NCOCC[Si](C)(C)C)S[C@@]3(C(=O)N(C)C)C[C@H]32)c1. The maximum absolute atomic E-state index is 16.6. The van der Waals surface area contributed by atoms with Crippen LogP contribution in [0.4, 0.5) is 13.6 Å². The van der Waals surface area contributed by atoms with Crippen LogP contribution in [0.25, 0.3) is 6.08 Å². The number of hydrogen-bond acceptors (Lipinski definition) is 6. The van der Waals surface area contributed by atoms with Gasteiger partial charge in [0.15, 0.2) is 0 Å². The molecule has 0 saturated heterocycles. The number of hydrogen-bond donors (Lipinski definition) is 1. The molecule has 1 fully saturated rings. The zero-order valence-electron chi connectivity index (χ0n) is 30.8. The van der Waals surface area contributed by atoms with E-state index in [1.54, 1.807) is 39.2 Å². The predicted octanol–water partition coefficient (Wildman–Crippen LogP) is 9.73. The number of carbonyl (C=O) groups excluding carboxylic acids is 2. The average Bonchev–Trinajstić information content (AvgIpc) is 3.77. The van der Waals surface area contributed by atoms with Gasteiger partial charge < -0.3 is 4.74 Å². The Morgan fingerprint density at radius 2 is 1.71 bits per heavy atom. The number of benzene rings is 1. The quantitative estimate of drug-likeness (QED) is 0.0908. The van der Waals surface area contributed by atoms with Gasteiger partial charge in [0.05, 0.1) is 0 Å². The Balaban J connectivity index is 1.97. The van der Waals surface area contributed by atoms with Crippen LogP contribution in [0.3, 0.4) is 0 Å². The minimum absolute atomic E-state index is 0.00138. The third kappa shape index (κ3) is 10.3. The van der Waals surface area contributed by atoms with Gasteiger partial charge in [-0.1, -0.05) is 19.6 Å². The van der Waals surface area contributed by atoms with Crippen molar-refractivity contribution in [1.29, 1.82) is 0 Å². The number of nitrogens with zero attached hydrogens (tertiary/aromatic N) is 2. The molecule has 3 atom stereocenters. The summed E-state index contributed by atoms with van der Waals surface area (Å²) in [6, 6.07) is 5.67. The van der Waals surface area contributed by atoms with Crippen molar-refractivity contribution in [2.45, 2.75) is 122 Å². The summed E-state index contributed by atoms with van der Waals surface area (Å²) in [5.41, 5.74) is -0.335. The molecule has 2 aliphatic rings. The normalized spacial score (nSPS) is 22.5. The molecule has 48 heavy (non-hydrogen) atoms.